The van der Waals surface area contributed by atoms with Crippen molar-refractivity contribution in [3.05, 3.63) is 57.3 Å². The van der Waals surface area contributed by atoms with Crippen LogP contribution in [0, 0.1) is 18.8 Å². The highest BCUT2D eigenvalue weighted by molar-refractivity contribution is 6.25. The Morgan fingerprint density at radius 2 is 1.85 bits per heavy atom. The summed E-state index contributed by atoms with van der Waals surface area (Å²) in [7, 11) is 6.78. The van der Waals surface area contributed by atoms with Crippen molar-refractivity contribution in [2.24, 2.45) is 17.6 Å². The number of anilines is 2. The van der Waals surface area contributed by atoms with Crippen molar-refractivity contribution in [2.75, 3.05) is 38.8 Å². The zero-order valence-electron chi connectivity index (χ0n) is 23.5. The molecule has 1 aromatic heterocycles. The monoisotopic (exact) mass is 566 g/mol. The minimum absolute atomic E-state index is 0.0198. The molecule has 0 aliphatic heterocycles. The maximum Gasteiger partial charge on any atom is 0.255 e. The number of hydrogen-bond acceptors (Lipinski definition) is 11. The number of imidazole rings is 1. The largest absolute Gasteiger partial charge is 0.510 e. The van der Waals surface area contributed by atoms with E-state index >= 15 is 0 Å². The Morgan fingerprint density at radius 3 is 2.39 bits per heavy atom. The second-order valence-electron chi connectivity index (χ2n) is 11.5. The number of primary amides is 1. The van der Waals surface area contributed by atoms with Crippen LogP contribution < -0.4 is 16.4 Å². The summed E-state index contributed by atoms with van der Waals surface area (Å²) in [5.41, 5.74) is 9.94. The quantitative estimate of drug-likeness (QED) is 0.272. The molecular formula is C28H34N6O7. The van der Waals surface area contributed by atoms with Crippen LogP contribution in [0.1, 0.15) is 33.6 Å². The minimum atomic E-state index is -2.69. The molecule has 2 aromatic rings. The normalized spacial score (nSPS) is 25.8. The number of fused-ring (bicyclic) bond motifs is 3. The van der Waals surface area contributed by atoms with Crippen LogP contribution in [0.5, 0.6) is 5.75 Å². The van der Waals surface area contributed by atoms with E-state index in [0.717, 1.165) is 5.69 Å². The smallest absolute Gasteiger partial charge is 0.255 e. The van der Waals surface area contributed by atoms with Crippen molar-refractivity contribution < 1.29 is 34.8 Å². The SMILES string of the molecule is Cc1cnc(N)n1Cc1cc(N(C)C)c2c(c1O)C(=O)C1=C(O)[C@]3(O)C(=O)C(C(N)=O)=C(O)[C@@H](N(C)C)[C@@H]3C[C@@H]1C2. The van der Waals surface area contributed by atoms with E-state index in [4.69, 9.17) is 11.5 Å². The molecule has 0 bridgehead atoms. The third-order valence-electron chi connectivity index (χ3n) is 8.67. The fourth-order valence-corrected chi connectivity index (χ4v) is 6.73. The first-order chi connectivity index (χ1) is 19.1. The average molecular weight is 567 g/mol. The van der Waals surface area contributed by atoms with Crippen LogP contribution in [0.15, 0.2) is 34.9 Å². The molecule has 0 unspecified atom stereocenters. The number of aliphatic hydroxyl groups excluding tert-OH is 2. The van der Waals surface area contributed by atoms with Crippen LogP contribution >= 0.6 is 0 Å². The first-order valence-corrected chi connectivity index (χ1v) is 13.1. The molecule has 1 aromatic carbocycles. The lowest BCUT2D eigenvalue weighted by Gasteiger charge is -2.50. The molecule has 0 saturated heterocycles. The number of phenols is 1. The van der Waals surface area contributed by atoms with Crippen molar-refractivity contribution >= 4 is 29.1 Å². The Morgan fingerprint density at radius 1 is 1.20 bits per heavy atom. The fourth-order valence-electron chi connectivity index (χ4n) is 6.73. The Balaban J connectivity index is 1.72. The third-order valence-corrected chi connectivity index (χ3v) is 8.67. The maximum absolute atomic E-state index is 14.1. The van der Waals surface area contributed by atoms with Crippen molar-refractivity contribution in [1.29, 1.82) is 0 Å². The van der Waals surface area contributed by atoms with Gasteiger partial charge in [-0.3, -0.25) is 19.3 Å². The number of nitrogens with zero attached hydrogens (tertiary/aromatic N) is 4. The van der Waals surface area contributed by atoms with Crippen molar-refractivity contribution in [2.45, 2.75) is 38.0 Å². The average Bonchev–Trinajstić information content (AvgIpc) is 3.19. The number of ketones is 2. The van der Waals surface area contributed by atoms with Gasteiger partial charge in [0.05, 0.1) is 24.3 Å². The summed E-state index contributed by atoms with van der Waals surface area (Å²) < 4.78 is 1.67. The number of amides is 1. The molecule has 1 heterocycles. The zero-order valence-corrected chi connectivity index (χ0v) is 23.5. The van der Waals surface area contributed by atoms with Crippen molar-refractivity contribution in [3.63, 3.8) is 0 Å². The van der Waals surface area contributed by atoms with Crippen molar-refractivity contribution in [1.82, 2.24) is 14.5 Å². The number of hydrogen-bond donors (Lipinski definition) is 6. The highest BCUT2D eigenvalue weighted by Gasteiger charge is 2.63. The number of carbonyl (C=O) groups excluding carboxylic acids is 3. The lowest BCUT2D eigenvalue weighted by atomic mass is 9.58. The van der Waals surface area contributed by atoms with Gasteiger partial charge in [0.25, 0.3) is 5.91 Å². The molecule has 13 nitrogen and oxygen atoms in total. The number of aromatic hydroxyl groups is 1. The van der Waals surface area contributed by atoms with Crippen LogP contribution in [0.2, 0.25) is 0 Å². The number of carbonyl (C=O) groups is 3. The molecule has 41 heavy (non-hydrogen) atoms. The summed E-state index contributed by atoms with van der Waals surface area (Å²) in [5.74, 6) is -6.61. The van der Waals surface area contributed by atoms with Crippen LogP contribution in [0.3, 0.4) is 0 Å². The highest BCUT2D eigenvalue weighted by Crippen LogP contribution is 2.53. The number of nitrogen functional groups attached to an aromatic ring is 1. The van der Waals surface area contributed by atoms with E-state index in [1.165, 1.54) is 4.90 Å². The number of likely N-dealkylation sites (N-methyl/N-ethyl adjacent to an activating group) is 1. The number of aromatic nitrogens is 2. The number of aryl methyl sites for hydroxylation is 1. The van der Waals surface area contributed by atoms with E-state index in [9.17, 15) is 34.8 Å². The van der Waals surface area contributed by atoms with E-state index in [1.807, 2.05) is 4.90 Å². The van der Waals surface area contributed by atoms with Crippen molar-refractivity contribution in [3.8, 4) is 5.75 Å². The van der Waals surface area contributed by atoms with Gasteiger partial charge in [-0.2, -0.15) is 0 Å². The first-order valence-electron chi connectivity index (χ1n) is 13.1. The molecule has 0 saturated carbocycles. The number of Topliss-reactive ketones (excluding diaryl/α,β-unsaturated/α-hetero) is 2. The van der Waals surface area contributed by atoms with Gasteiger partial charge in [0.15, 0.2) is 11.4 Å². The number of rotatable bonds is 5. The van der Waals surface area contributed by atoms with Gasteiger partial charge in [-0.15, -0.1) is 0 Å². The van der Waals surface area contributed by atoms with E-state index in [-0.39, 0.29) is 42.2 Å². The fraction of sp³-hybridized carbons (Fsp3) is 0.429. The zero-order chi connectivity index (χ0) is 30.3. The molecular weight excluding hydrogens is 532 g/mol. The molecule has 13 heteroatoms. The number of phenolic OH excluding ortho intramolecular Hbond substituents is 1. The van der Waals surface area contributed by atoms with Gasteiger partial charge in [-0.05, 0) is 51.4 Å². The maximum atomic E-state index is 14.1. The summed E-state index contributed by atoms with van der Waals surface area (Å²) in [6.45, 7) is 1.92. The lowest BCUT2D eigenvalue weighted by molar-refractivity contribution is -0.148. The van der Waals surface area contributed by atoms with Crippen LogP contribution in [0.4, 0.5) is 11.6 Å². The predicted molar refractivity (Wildman–Crippen MR) is 148 cm³/mol. The topological polar surface area (TPSA) is 208 Å². The van der Waals surface area contributed by atoms with Gasteiger partial charge in [0.1, 0.15) is 22.8 Å². The van der Waals surface area contributed by atoms with Gasteiger partial charge in [0, 0.05) is 42.5 Å². The van der Waals surface area contributed by atoms with Crippen LogP contribution in [-0.2, 0) is 22.6 Å². The molecule has 0 radical (unpaired) electrons. The summed E-state index contributed by atoms with van der Waals surface area (Å²) in [5, 5.41) is 45.7. The molecule has 4 atom stereocenters. The molecule has 1 amide bonds. The van der Waals surface area contributed by atoms with Gasteiger partial charge < -0.3 is 41.4 Å². The number of allylic oxidation sites excluding steroid dienone is 1. The number of benzene rings is 1. The first kappa shape index (κ1) is 28.2. The second kappa shape index (κ2) is 9.35. The van der Waals surface area contributed by atoms with Gasteiger partial charge >= 0.3 is 0 Å². The third kappa shape index (κ3) is 3.83. The molecule has 218 valence electrons. The van der Waals surface area contributed by atoms with E-state index < -0.39 is 58.0 Å². The Kier molecular flexibility index (Phi) is 6.42. The Hall–Kier alpha value is -4.36. The summed E-state index contributed by atoms with van der Waals surface area (Å²) in [6, 6.07) is 0.725. The van der Waals surface area contributed by atoms with Crippen LogP contribution in [-0.4, -0.2) is 92.2 Å². The number of aliphatic hydroxyl groups is 3. The second-order valence-corrected chi connectivity index (χ2v) is 11.5. The molecule has 5 rings (SSSR count). The summed E-state index contributed by atoms with van der Waals surface area (Å²) in [6.07, 6.45) is 1.80. The predicted octanol–water partition coefficient (Wildman–Crippen LogP) is 0.322. The number of nitrogens with two attached hydrogens (primary N) is 2. The molecule has 0 fully saturated rings. The molecule has 8 N–H and O–H groups in total. The van der Waals surface area contributed by atoms with Gasteiger partial charge in [-0.1, -0.05) is 0 Å². The summed E-state index contributed by atoms with van der Waals surface area (Å²) in [4.78, 5) is 47.2. The van der Waals surface area contributed by atoms with Gasteiger partial charge in [-0.25, -0.2) is 4.98 Å². The molecule has 0 spiro atoms. The standard InChI is InChI=1S/C28H34N6O7/c1-11-9-31-27(30)34(11)10-13-8-16(32(2)3)14-6-12-7-15-20(33(4)5)23(37)19(26(29)40)25(39)28(15,41)24(38)17(12)22(36)18(14)21(13)35/h8-9,12,15,20,35,37-38,41H,6-7,10H2,1-5H3,(H2,29,40)(H2,30,31)/t12-,15-,20-,28-/m0/s1. The summed E-state index contributed by atoms with van der Waals surface area (Å²) >= 11 is 0. The molecule has 3 aliphatic carbocycles. The highest BCUT2D eigenvalue weighted by atomic mass is 16.3. The van der Waals surface area contributed by atoms with Gasteiger partial charge in [0.2, 0.25) is 11.7 Å². The van der Waals surface area contributed by atoms with E-state index in [0.29, 0.717) is 16.8 Å². The molecule has 3 aliphatic rings. The Bertz CT molecular complexity index is 1570. The Labute approximate surface area is 236 Å². The van der Waals surface area contributed by atoms with E-state index in [1.54, 1.807) is 51.9 Å². The minimum Gasteiger partial charge on any atom is -0.510 e. The van der Waals surface area contributed by atoms with E-state index in [2.05, 4.69) is 4.98 Å². The van der Waals surface area contributed by atoms with Crippen LogP contribution in [0.25, 0.3) is 0 Å². The lowest BCUT2D eigenvalue weighted by Crippen LogP contribution is -2.63.